The van der Waals surface area contributed by atoms with E-state index in [4.69, 9.17) is 5.11 Å². The van der Waals surface area contributed by atoms with Crippen molar-refractivity contribution in [2.24, 2.45) is 29.6 Å². The van der Waals surface area contributed by atoms with Crippen LogP contribution >= 0.6 is 24.0 Å². The predicted octanol–water partition coefficient (Wildman–Crippen LogP) is 3.36. The molecule has 28 heavy (non-hydrogen) atoms. The van der Waals surface area contributed by atoms with E-state index in [0.717, 1.165) is 4.90 Å². The summed E-state index contributed by atoms with van der Waals surface area (Å²) in [5.74, 6) is -2.65. The van der Waals surface area contributed by atoms with Gasteiger partial charge in [0.25, 0.3) is 0 Å². The molecule has 2 saturated carbocycles. The number of aryl methyl sites for hydroxylation is 1. The Kier molecular flexibility index (Phi) is 6.19. The van der Waals surface area contributed by atoms with Crippen molar-refractivity contribution in [3.05, 3.63) is 40.7 Å². The summed E-state index contributed by atoms with van der Waals surface area (Å²) in [6.45, 7) is 1.70. The van der Waals surface area contributed by atoms with E-state index in [1.807, 2.05) is 0 Å². The Balaban J connectivity index is 0.000000320. The third-order valence-corrected chi connectivity index (χ3v) is 6.71. The Morgan fingerprint density at radius 2 is 2.04 bits per heavy atom. The average Bonchev–Trinajstić information content (AvgIpc) is 2.96. The number of aromatic nitrogens is 3. The van der Waals surface area contributed by atoms with E-state index in [0.29, 0.717) is 22.5 Å². The molecular formula is C18H20FN3O4S2. The first kappa shape index (κ1) is 20.5. The van der Waals surface area contributed by atoms with Crippen LogP contribution in [0.4, 0.5) is 4.39 Å². The van der Waals surface area contributed by atoms with Crippen LogP contribution in [-0.2, 0) is 9.59 Å². The van der Waals surface area contributed by atoms with Gasteiger partial charge < -0.3 is 10.2 Å². The first-order valence-corrected chi connectivity index (χ1v) is 10.1. The highest BCUT2D eigenvalue weighted by molar-refractivity contribution is 7.99. The molecule has 2 aliphatic carbocycles. The van der Waals surface area contributed by atoms with Crippen LogP contribution in [0.15, 0.2) is 29.4 Å². The second kappa shape index (κ2) is 8.44. The van der Waals surface area contributed by atoms with Gasteiger partial charge in [0.05, 0.1) is 11.8 Å². The van der Waals surface area contributed by atoms with Gasteiger partial charge in [-0.25, -0.2) is 9.37 Å². The number of carboxylic acids is 2. The summed E-state index contributed by atoms with van der Waals surface area (Å²) in [6, 6.07) is 4.86. The number of halogens is 1. The Morgan fingerprint density at radius 3 is 2.54 bits per heavy atom. The maximum Gasteiger partial charge on any atom is 0.307 e. The number of nitrogens with zero attached hydrogens (tertiary/aromatic N) is 1. The molecule has 2 aliphatic rings. The molecule has 0 saturated heterocycles. The molecule has 4 rings (SSSR count). The molecule has 150 valence electrons. The van der Waals surface area contributed by atoms with Crippen molar-refractivity contribution >= 4 is 35.9 Å². The molecule has 5 atom stereocenters. The summed E-state index contributed by atoms with van der Waals surface area (Å²) in [7, 11) is 0. The molecule has 1 aromatic heterocycles. The van der Waals surface area contributed by atoms with E-state index in [9.17, 15) is 19.1 Å². The summed E-state index contributed by atoms with van der Waals surface area (Å²) in [5.41, 5.74) is 0.569. The summed E-state index contributed by atoms with van der Waals surface area (Å²) in [6.07, 6.45) is 2.16. The van der Waals surface area contributed by atoms with Gasteiger partial charge in [0.15, 0.2) is 0 Å². The number of nitrogens with one attached hydrogen (secondary N) is 2. The van der Waals surface area contributed by atoms with E-state index in [2.05, 4.69) is 27.4 Å². The summed E-state index contributed by atoms with van der Waals surface area (Å²) < 4.78 is 13.7. The molecule has 0 radical (unpaired) electrons. The molecular weight excluding hydrogens is 405 g/mol. The number of carboxylic acid groups (broad SMARTS) is 2. The summed E-state index contributed by atoms with van der Waals surface area (Å²) in [4.78, 5) is 27.1. The lowest BCUT2D eigenvalue weighted by Gasteiger charge is -2.20. The van der Waals surface area contributed by atoms with Gasteiger partial charge in [0.1, 0.15) is 12.1 Å². The minimum absolute atomic E-state index is 0.0131. The molecule has 0 spiro atoms. The molecule has 0 amide bonds. The van der Waals surface area contributed by atoms with E-state index in [-0.39, 0.29) is 23.6 Å². The van der Waals surface area contributed by atoms with Crippen LogP contribution in [0.1, 0.15) is 12.0 Å². The first-order valence-electron chi connectivity index (χ1n) is 8.72. The van der Waals surface area contributed by atoms with Gasteiger partial charge >= 0.3 is 11.9 Å². The lowest BCUT2D eigenvalue weighted by Crippen LogP contribution is -2.26. The Hall–Kier alpha value is -2.20. The smallest absolute Gasteiger partial charge is 0.307 e. The molecule has 4 N–H and O–H groups in total. The van der Waals surface area contributed by atoms with Crippen molar-refractivity contribution in [2.45, 2.75) is 18.2 Å². The van der Waals surface area contributed by atoms with Gasteiger partial charge in [0, 0.05) is 10.6 Å². The Labute approximate surface area is 169 Å². The van der Waals surface area contributed by atoms with Crippen LogP contribution in [0, 0.1) is 47.1 Å². The predicted molar refractivity (Wildman–Crippen MR) is 103 cm³/mol. The maximum atomic E-state index is 13.2. The zero-order valence-corrected chi connectivity index (χ0v) is 16.6. The number of carbonyl (C=O) groups is 2. The van der Waals surface area contributed by atoms with Crippen molar-refractivity contribution in [1.82, 2.24) is 15.2 Å². The SMILES string of the molecule is Cc1cc(SCC2CC3C(C(=O)O)C3C2C(=O)O)ccc1F.S=c1nc[nH][nH]1. The molecule has 5 unspecified atom stereocenters. The Morgan fingerprint density at radius 1 is 1.32 bits per heavy atom. The highest BCUT2D eigenvalue weighted by atomic mass is 32.2. The molecule has 7 nitrogen and oxygen atoms in total. The second-order valence-corrected chi connectivity index (χ2v) is 8.50. The van der Waals surface area contributed by atoms with Gasteiger partial charge in [-0.05, 0) is 67.1 Å². The number of rotatable bonds is 5. The van der Waals surface area contributed by atoms with Crippen molar-refractivity contribution < 1.29 is 24.2 Å². The minimum atomic E-state index is -0.892. The number of hydrogen-bond donors (Lipinski definition) is 4. The van der Waals surface area contributed by atoms with Crippen molar-refractivity contribution in [2.75, 3.05) is 5.75 Å². The molecule has 2 fully saturated rings. The second-order valence-electron chi connectivity index (χ2n) is 7.02. The van der Waals surface area contributed by atoms with Crippen molar-refractivity contribution in [3.8, 4) is 0 Å². The van der Waals surface area contributed by atoms with Crippen LogP contribution in [0.5, 0.6) is 0 Å². The van der Waals surface area contributed by atoms with Crippen LogP contribution in [0.3, 0.4) is 0 Å². The Bertz CT molecular complexity index is 915. The third-order valence-electron chi connectivity index (χ3n) is 5.32. The van der Waals surface area contributed by atoms with E-state index >= 15 is 0 Å². The minimum Gasteiger partial charge on any atom is -0.481 e. The average molecular weight is 426 g/mol. The van der Waals surface area contributed by atoms with E-state index in [1.165, 1.54) is 24.2 Å². The standard InChI is InChI=1S/C16H17FO4S.C2H3N3S/c1-7-4-9(2-3-11(7)17)22-6-8-5-10-13(12(8)15(18)19)14(10)16(20)21;6-2-3-1-4-5-2/h2-4,8,10,12-14H,5-6H2,1H3,(H,18,19)(H,20,21);1H,(H2,3,4,5,6). The fraction of sp³-hybridized carbons (Fsp3) is 0.444. The monoisotopic (exact) mass is 425 g/mol. The quantitative estimate of drug-likeness (QED) is 0.428. The van der Waals surface area contributed by atoms with Gasteiger partial charge in [-0.1, -0.05) is 0 Å². The first-order chi connectivity index (χ1) is 13.3. The lowest BCUT2D eigenvalue weighted by molar-refractivity contribution is -0.145. The molecule has 10 heteroatoms. The topological polar surface area (TPSA) is 119 Å². The fourth-order valence-corrected chi connectivity index (χ4v) is 5.30. The highest BCUT2D eigenvalue weighted by Gasteiger charge is 2.66. The summed E-state index contributed by atoms with van der Waals surface area (Å²) >= 11 is 6.06. The molecule has 1 heterocycles. The number of benzene rings is 1. The maximum absolute atomic E-state index is 13.2. The van der Waals surface area contributed by atoms with Crippen molar-refractivity contribution in [3.63, 3.8) is 0 Å². The normalized spacial score (nSPS) is 27.4. The van der Waals surface area contributed by atoms with Crippen molar-refractivity contribution in [1.29, 1.82) is 0 Å². The zero-order valence-electron chi connectivity index (χ0n) is 15.0. The van der Waals surface area contributed by atoms with E-state index < -0.39 is 23.8 Å². The number of hydrogen-bond acceptors (Lipinski definition) is 5. The number of fused-ring (bicyclic) bond motifs is 1. The third kappa shape index (κ3) is 4.44. The molecule has 1 aromatic carbocycles. The highest BCUT2D eigenvalue weighted by Crippen LogP contribution is 2.63. The van der Waals surface area contributed by atoms with Gasteiger partial charge in [-0.3, -0.25) is 19.8 Å². The lowest BCUT2D eigenvalue weighted by atomic mass is 9.90. The number of aromatic amines is 2. The number of H-pyrrole nitrogens is 2. The van der Waals surface area contributed by atoms with Gasteiger partial charge in [-0.2, -0.15) is 0 Å². The van der Waals surface area contributed by atoms with Gasteiger partial charge in [-0.15, -0.1) is 11.8 Å². The van der Waals surface area contributed by atoms with Crippen LogP contribution in [0.25, 0.3) is 0 Å². The van der Waals surface area contributed by atoms with E-state index in [1.54, 1.807) is 19.1 Å². The number of thioether (sulfide) groups is 1. The van der Waals surface area contributed by atoms with Crippen LogP contribution in [0.2, 0.25) is 0 Å². The van der Waals surface area contributed by atoms with Gasteiger partial charge in [0.2, 0.25) is 4.77 Å². The molecule has 2 aromatic rings. The van der Waals surface area contributed by atoms with Crippen LogP contribution < -0.4 is 0 Å². The summed E-state index contributed by atoms with van der Waals surface area (Å²) in [5, 5.41) is 23.6. The number of aliphatic carboxylic acids is 2. The fourth-order valence-electron chi connectivity index (χ4n) is 4.02. The molecule has 0 aliphatic heterocycles. The van der Waals surface area contributed by atoms with Crippen LogP contribution in [-0.4, -0.2) is 43.1 Å². The molecule has 0 bridgehead atoms. The largest absolute Gasteiger partial charge is 0.481 e. The zero-order chi connectivity index (χ0) is 20.4.